The number of ether oxygens (including phenoxy) is 1. The quantitative estimate of drug-likeness (QED) is 0.783. The van der Waals surface area contributed by atoms with Crippen molar-refractivity contribution in [3.8, 4) is 0 Å². The van der Waals surface area contributed by atoms with Gasteiger partial charge < -0.3 is 9.64 Å². The monoisotopic (exact) mass is 321 g/mol. The Bertz CT molecular complexity index is 634. The average Bonchev–Trinajstić information content (AvgIpc) is 2.50. The normalized spacial score (nSPS) is 20.5. The Labute approximate surface area is 134 Å². The molecular weight excluding hydrogens is 300 g/mol. The molecule has 1 saturated heterocycles. The molecule has 0 bridgehead atoms. The highest BCUT2D eigenvalue weighted by atomic mass is 19.1. The smallest absolute Gasteiger partial charge is 0.227 e. The second-order valence-electron chi connectivity index (χ2n) is 6.45. The third-order valence-electron chi connectivity index (χ3n) is 4.71. The SMILES string of the molecule is CC1=CC2(CCN(C(=O)Cc3ccc(F)cc3F)CC2)OCC1. The van der Waals surface area contributed by atoms with Gasteiger partial charge in [-0.1, -0.05) is 17.7 Å². The van der Waals surface area contributed by atoms with E-state index in [9.17, 15) is 13.6 Å². The maximum absolute atomic E-state index is 13.7. The van der Waals surface area contributed by atoms with Gasteiger partial charge in [-0.3, -0.25) is 4.79 Å². The van der Waals surface area contributed by atoms with Gasteiger partial charge in [0.1, 0.15) is 11.6 Å². The topological polar surface area (TPSA) is 29.5 Å². The predicted molar refractivity (Wildman–Crippen MR) is 82.9 cm³/mol. The summed E-state index contributed by atoms with van der Waals surface area (Å²) in [4.78, 5) is 14.1. The van der Waals surface area contributed by atoms with E-state index in [1.807, 2.05) is 0 Å². The largest absolute Gasteiger partial charge is 0.370 e. The Hall–Kier alpha value is -1.75. The van der Waals surface area contributed by atoms with Crippen molar-refractivity contribution in [1.29, 1.82) is 0 Å². The molecule has 2 aliphatic heterocycles. The summed E-state index contributed by atoms with van der Waals surface area (Å²) in [5.74, 6) is -1.42. The number of amides is 1. The van der Waals surface area contributed by atoms with E-state index in [0.29, 0.717) is 13.1 Å². The van der Waals surface area contributed by atoms with Gasteiger partial charge in [0.2, 0.25) is 5.91 Å². The number of halogens is 2. The summed E-state index contributed by atoms with van der Waals surface area (Å²) < 4.78 is 32.5. The van der Waals surface area contributed by atoms with E-state index in [1.54, 1.807) is 4.90 Å². The van der Waals surface area contributed by atoms with Gasteiger partial charge in [0, 0.05) is 19.2 Å². The summed E-state index contributed by atoms with van der Waals surface area (Å²) in [6.45, 7) is 4.05. The van der Waals surface area contributed by atoms with Crippen LogP contribution in [0.5, 0.6) is 0 Å². The molecule has 0 unspecified atom stereocenters. The number of carbonyl (C=O) groups is 1. The van der Waals surface area contributed by atoms with Crippen molar-refractivity contribution in [3.05, 3.63) is 47.0 Å². The molecular formula is C18H21F2NO2. The highest BCUT2D eigenvalue weighted by molar-refractivity contribution is 5.79. The minimum Gasteiger partial charge on any atom is -0.370 e. The van der Waals surface area contributed by atoms with Crippen molar-refractivity contribution < 1.29 is 18.3 Å². The lowest BCUT2D eigenvalue weighted by molar-refractivity contribution is -0.135. The first kappa shape index (κ1) is 16.1. The summed E-state index contributed by atoms with van der Waals surface area (Å²) in [5, 5.41) is 0. The van der Waals surface area contributed by atoms with Gasteiger partial charge in [-0.05, 0) is 37.8 Å². The number of piperidine rings is 1. The number of benzene rings is 1. The molecule has 3 nitrogen and oxygen atoms in total. The number of nitrogens with zero attached hydrogens (tertiary/aromatic N) is 1. The van der Waals surface area contributed by atoms with Crippen LogP contribution < -0.4 is 0 Å². The Kier molecular flexibility index (Phi) is 4.48. The van der Waals surface area contributed by atoms with Crippen molar-refractivity contribution >= 4 is 5.91 Å². The van der Waals surface area contributed by atoms with E-state index >= 15 is 0 Å². The van der Waals surface area contributed by atoms with Crippen molar-refractivity contribution in [3.63, 3.8) is 0 Å². The van der Waals surface area contributed by atoms with Crippen LogP contribution in [0.1, 0.15) is 31.7 Å². The van der Waals surface area contributed by atoms with Crippen molar-refractivity contribution in [1.82, 2.24) is 4.90 Å². The fourth-order valence-electron chi connectivity index (χ4n) is 3.34. The zero-order valence-electron chi connectivity index (χ0n) is 13.3. The maximum atomic E-state index is 13.7. The molecule has 0 radical (unpaired) electrons. The highest BCUT2D eigenvalue weighted by Crippen LogP contribution is 2.33. The Morgan fingerprint density at radius 1 is 1.30 bits per heavy atom. The standard InChI is InChI=1S/C18H21F2NO2/c1-13-4-9-23-18(12-13)5-7-21(8-6-18)17(22)10-14-2-3-15(19)11-16(14)20/h2-3,11-12H,4-10H2,1H3. The van der Waals surface area contributed by atoms with Crippen LogP contribution in [0.15, 0.2) is 29.8 Å². The first-order chi connectivity index (χ1) is 11.0. The number of hydrogen-bond donors (Lipinski definition) is 0. The van der Waals surface area contributed by atoms with Crippen LogP contribution >= 0.6 is 0 Å². The van der Waals surface area contributed by atoms with Gasteiger partial charge in [0.05, 0.1) is 18.6 Å². The van der Waals surface area contributed by atoms with Gasteiger partial charge in [0.25, 0.3) is 0 Å². The Morgan fingerprint density at radius 2 is 2.04 bits per heavy atom. The van der Waals surface area contributed by atoms with E-state index in [0.717, 1.165) is 31.9 Å². The first-order valence-corrected chi connectivity index (χ1v) is 8.01. The number of hydrogen-bond acceptors (Lipinski definition) is 2. The maximum Gasteiger partial charge on any atom is 0.227 e. The third kappa shape index (κ3) is 3.61. The van der Waals surface area contributed by atoms with Gasteiger partial charge in [-0.25, -0.2) is 8.78 Å². The van der Waals surface area contributed by atoms with E-state index in [-0.39, 0.29) is 23.5 Å². The summed E-state index contributed by atoms with van der Waals surface area (Å²) in [7, 11) is 0. The Morgan fingerprint density at radius 3 is 2.70 bits per heavy atom. The van der Waals surface area contributed by atoms with Gasteiger partial charge in [-0.15, -0.1) is 0 Å². The van der Waals surface area contributed by atoms with Gasteiger partial charge >= 0.3 is 0 Å². The van der Waals surface area contributed by atoms with E-state index < -0.39 is 11.6 Å². The molecule has 0 N–H and O–H groups in total. The van der Waals surface area contributed by atoms with Gasteiger partial charge in [-0.2, -0.15) is 0 Å². The second-order valence-corrected chi connectivity index (χ2v) is 6.45. The molecule has 0 aromatic heterocycles. The molecule has 23 heavy (non-hydrogen) atoms. The molecule has 1 spiro atoms. The molecule has 5 heteroatoms. The molecule has 1 amide bonds. The van der Waals surface area contributed by atoms with Crippen LogP contribution in [0.3, 0.4) is 0 Å². The number of carbonyl (C=O) groups excluding carboxylic acids is 1. The van der Waals surface area contributed by atoms with E-state index in [1.165, 1.54) is 17.7 Å². The van der Waals surface area contributed by atoms with Crippen molar-refractivity contribution in [2.45, 2.75) is 38.2 Å². The average molecular weight is 321 g/mol. The molecule has 124 valence electrons. The van der Waals surface area contributed by atoms with Crippen LogP contribution in [-0.2, 0) is 16.0 Å². The predicted octanol–water partition coefficient (Wildman–Crippen LogP) is 3.24. The molecule has 0 saturated carbocycles. The molecule has 0 aliphatic carbocycles. The minimum atomic E-state index is -0.666. The van der Waals surface area contributed by atoms with Crippen LogP contribution in [-0.4, -0.2) is 36.1 Å². The lowest BCUT2D eigenvalue weighted by atomic mass is 9.87. The van der Waals surface area contributed by atoms with Crippen LogP contribution in [0, 0.1) is 11.6 Å². The molecule has 1 fully saturated rings. The van der Waals surface area contributed by atoms with Crippen LogP contribution in [0.2, 0.25) is 0 Å². The summed E-state index contributed by atoms with van der Waals surface area (Å²) in [6, 6.07) is 3.34. The molecule has 3 rings (SSSR count). The molecule has 2 heterocycles. The number of rotatable bonds is 2. The number of likely N-dealkylation sites (tertiary alicyclic amines) is 1. The lowest BCUT2D eigenvalue weighted by Gasteiger charge is -2.42. The third-order valence-corrected chi connectivity index (χ3v) is 4.71. The van der Waals surface area contributed by atoms with E-state index in [4.69, 9.17) is 4.74 Å². The molecule has 1 aromatic rings. The van der Waals surface area contributed by atoms with Gasteiger partial charge in [0.15, 0.2) is 0 Å². The van der Waals surface area contributed by atoms with E-state index in [2.05, 4.69) is 13.0 Å². The molecule has 1 aromatic carbocycles. The van der Waals surface area contributed by atoms with Crippen LogP contribution in [0.25, 0.3) is 0 Å². The lowest BCUT2D eigenvalue weighted by Crippen LogP contribution is -2.48. The highest BCUT2D eigenvalue weighted by Gasteiger charge is 2.36. The fourth-order valence-corrected chi connectivity index (χ4v) is 3.34. The second kappa shape index (κ2) is 6.40. The first-order valence-electron chi connectivity index (χ1n) is 8.01. The minimum absolute atomic E-state index is 0.0329. The summed E-state index contributed by atoms with van der Waals surface area (Å²) >= 11 is 0. The fraction of sp³-hybridized carbons (Fsp3) is 0.500. The zero-order valence-corrected chi connectivity index (χ0v) is 13.3. The Balaban J connectivity index is 1.61. The molecule has 2 aliphatic rings. The summed E-state index contributed by atoms with van der Waals surface area (Å²) in [5.41, 5.74) is 1.34. The summed E-state index contributed by atoms with van der Waals surface area (Å²) in [6.07, 6.45) is 4.66. The van der Waals surface area contributed by atoms with Crippen molar-refractivity contribution in [2.75, 3.05) is 19.7 Å². The molecule has 0 atom stereocenters. The van der Waals surface area contributed by atoms with Crippen LogP contribution in [0.4, 0.5) is 8.78 Å². The van der Waals surface area contributed by atoms with Crippen molar-refractivity contribution in [2.24, 2.45) is 0 Å². The zero-order chi connectivity index (χ0) is 16.4.